The van der Waals surface area contributed by atoms with Gasteiger partial charge in [-0.1, -0.05) is 12.1 Å². The van der Waals surface area contributed by atoms with Gasteiger partial charge in [0, 0.05) is 32.7 Å². The maximum atomic E-state index is 12.1. The standard InChI is InChI=1S/C18H27N3O4.2ClH/c22-18(17-14-24-8-4-19-17)20-13-15-2-1-3-16(12-15)25-11-7-21-5-9-23-10-6-21;;/h1-3,12,17,19H,4-11,13-14H2,(H,20,22);2*1H. The number of ether oxygens (including phenoxy) is 3. The molecule has 0 radical (unpaired) electrons. The molecule has 0 bridgehead atoms. The number of carbonyl (C=O) groups is 1. The summed E-state index contributed by atoms with van der Waals surface area (Å²) in [5, 5.41) is 6.09. The predicted molar refractivity (Wildman–Crippen MR) is 108 cm³/mol. The molecular weight excluding hydrogens is 393 g/mol. The highest BCUT2D eigenvalue weighted by Crippen LogP contribution is 2.13. The van der Waals surface area contributed by atoms with E-state index >= 15 is 0 Å². The molecule has 154 valence electrons. The summed E-state index contributed by atoms with van der Waals surface area (Å²) in [4.78, 5) is 14.4. The predicted octanol–water partition coefficient (Wildman–Crippen LogP) is 0.846. The summed E-state index contributed by atoms with van der Waals surface area (Å²) in [5.74, 6) is 0.803. The Bertz CT molecular complexity index is 553. The molecular formula is C18H29Cl2N3O4. The van der Waals surface area contributed by atoms with Crippen molar-refractivity contribution < 1.29 is 19.0 Å². The molecule has 0 aliphatic carbocycles. The average molecular weight is 422 g/mol. The van der Waals surface area contributed by atoms with Crippen LogP contribution in [0.25, 0.3) is 0 Å². The normalized spacial score (nSPS) is 20.1. The van der Waals surface area contributed by atoms with E-state index in [1.807, 2.05) is 24.3 Å². The van der Waals surface area contributed by atoms with Gasteiger partial charge >= 0.3 is 0 Å². The third kappa shape index (κ3) is 8.21. The Balaban J connectivity index is 0.00000182. The lowest BCUT2D eigenvalue weighted by Crippen LogP contribution is -2.51. The molecule has 7 nitrogen and oxygen atoms in total. The second-order valence-corrected chi connectivity index (χ2v) is 6.25. The molecule has 2 aliphatic heterocycles. The lowest BCUT2D eigenvalue weighted by molar-refractivity contribution is -0.126. The summed E-state index contributed by atoms with van der Waals surface area (Å²) in [6, 6.07) is 7.60. The Kier molecular flexibility index (Phi) is 11.7. The van der Waals surface area contributed by atoms with E-state index in [1.54, 1.807) is 0 Å². The molecule has 0 aromatic heterocycles. The molecule has 2 aliphatic rings. The lowest BCUT2D eigenvalue weighted by Gasteiger charge is -2.26. The fourth-order valence-electron chi connectivity index (χ4n) is 2.91. The molecule has 2 fully saturated rings. The Hall–Kier alpha value is -1.09. The third-order valence-corrected chi connectivity index (χ3v) is 4.38. The highest BCUT2D eigenvalue weighted by atomic mass is 35.5. The van der Waals surface area contributed by atoms with Crippen LogP contribution >= 0.6 is 24.8 Å². The summed E-state index contributed by atoms with van der Waals surface area (Å²) in [6.07, 6.45) is 0. The zero-order chi connectivity index (χ0) is 17.3. The van der Waals surface area contributed by atoms with E-state index in [-0.39, 0.29) is 36.8 Å². The maximum Gasteiger partial charge on any atom is 0.239 e. The van der Waals surface area contributed by atoms with Crippen LogP contribution in [0.5, 0.6) is 5.75 Å². The van der Waals surface area contributed by atoms with E-state index in [9.17, 15) is 4.79 Å². The van der Waals surface area contributed by atoms with Gasteiger partial charge in [-0.15, -0.1) is 24.8 Å². The van der Waals surface area contributed by atoms with Gasteiger partial charge < -0.3 is 24.8 Å². The van der Waals surface area contributed by atoms with E-state index in [4.69, 9.17) is 14.2 Å². The molecule has 0 saturated carbocycles. The number of benzene rings is 1. The minimum Gasteiger partial charge on any atom is -0.492 e. The van der Waals surface area contributed by atoms with Crippen LogP contribution < -0.4 is 15.4 Å². The molecule has 9 heteroatoms. The molecule has 1 aromatic carbocycles. The van der Waals surface area contributed by atoms with Crippen LogP contribution in [0.1, 0.15) is 5.56 Å². The molecule has 1 unspecified atom stereocenters. The Morgan fingerprint density at radius 1 is 1.22 bits per heavy atom. The van der Waals surface area contributed by atoms with Gasteiger partial charge in [-0.3, -0.25) is 9.69 Å². The number of morpholine rings is 2. The van der Waals surface area contributed by atoms with Gasteiger partial charge in [0.25, 0.3) is 0 Å². The summed E-state index contributed by atoms with van der Waals surface area (Å²) in [6.45, 7) is 7.37. The quantitative estimate of drug-likeness (QED) is 0.679. The Labute approximate surface area is 172 Å². The average Bonchev–Trinajstić information content (AvgIpc) is 2.68. The summed E-state index contributed by atoms with van der Waals surface area (Å²) < 4.78 is 16.5. The van der Waals surface area contributed by atoms with Gasteiger partial charge in [0.05, 0.1) is 26.4 Å². The fraction of sp³-hybridized carbons (Fsp3) is 0.611. The Morgan fingerprint density at radius 2 is 2.04 bits per heavy atom. The largest absolute Gasteiger partial charge is 0.492 e. The first kappa shape index (κ1) is 23.9. The van der Waals surface area contributed by atoms with Crippen LogP contribution in [0, 0.1) is 0 Å². The topological polar surface area (TPSA) is 72.1 Å². The number of halogens is 2. The molecule has 27 heavy (non-hydrogen) atoms. The van der Waals surface area contributed by atoms with Gasteiger partial charge in [-0.25, -0.2) is 0 Å². The van der Waals surface area contributed by atoms with Crippen molar-refractivity contribution in [1.82, 2.24) is 15.5 Å². The minimum atomic E-state index is -0.262. The molecule has 1 amide bonds. The van der Waals surface area contributed by atoms with Gasteiger partial charge in [-0.05, 0) is 17.7 Å². The van der Waals surface area contributed by atoms with Gasteiger partial charge in [0.2, 0.25) is 5.91 Å². The van der Waals surface area contributed by atoms with Gasteiger partial charge in [0.15, 0.2) is 0 Å². The van der Waals surface area contributed by atoms with Crippen molar-refractivity contribution in [3.63, 3.8) is 0 Å². The zero-order valence-corrected chi connectivity index (χ0v) is 17.0. The van der Waals surface area contributed by atoms with E-state index in [2.05, 4.69) is 15.5 Å². The summed E-state index contributed by atoms with van der Waals surface area (Å²) in [5.41, 5.74) is 1.02. The number of rotatable bonds is 7. The van der Waals surface area contributed by atoms with E-state index in [0.717, 1.165) is 44.2 Å². The van der Waals surface area contributed by atoms with Crippen LogP contribution in [0.2, 0.25) is 0 Å². The van der Waals surface area contributed by atoms with E-state index < -0.39 is 0 Å². The van der Waals surface area contributed by atoms with Crippen LogP contribution in [-0.4, -0.2) is 76.1 Å². The number of nitrogens with zero attached hydrogens (tertiary/aromatic N) is 1. The van der Waals surface area contributed by atoms with Crippen LogP contribution in [0.4, 0.5) is 0 Å². The number of hydrogen-bond acceptors (Lipinski definition) is 6. The number of amides is 1. The zero-order valence-electron chi connectivity index (χ0n) is 15.4. The van der Waals surface area contributed by atoms with Gasteiger partial charge in [-0.2, -0.15) is 0 Å². The second kappa shape index (κ2) is 13.1. The smallest absolute Gasteiger partial charge is 0.239 e. The summed E-state index contributed by atoms with van der Waals surface area (Å²) in [7, 11) is 0. The Morgan fingerprint density at radius 3 is 2.78 bits per heavy atom. The van der Waals surface area contributed by atoms with Crippen molar-refractivity contribution in [2.45, 2.75) is 12.6 Å². The molecule has 1 atom stereocenters. The van der Waals surface area contributed by atoms with Crippen LogP contribution in [0.3, 0.4) is 0 Å². The molecule has 3 rings (SSSR count). The highest BCUT2D eigenvalue weighted by Gasteiger charge is 2.20. The number of carbonyl (C=O) groups excluding carboxylic acids is 1. The van der Waals surface area contributed by atoms with Crippen molar-refractivity contribution in [3.05, 3.63) is 29.8 Å². The first-order valence-corrected chi connectivity index (χ1v) is 8.92. The SMILES string of the molecule is Cl.Cl.O=C(NCc1cccc(OCCN2CCOCC2)c1)C1COCCN1. The molecule has 2 N–H and O–H groups in total. The monoisotopic (exact) mass is 421 g/mol. The van der Waals surface area contributed by atoms with Crippen molar-refractivity contribution in [1.29, 1.82) is 0 Å². The molecule has 2 heterocycles. The third-order valence-electron chi connectivity index (χ3n) is 4.38. The first-order valence-electron chi connectivity index (χ1n) is 8.92. The summed E-state index contributed by atoms with van der Waals surface area (Å²) >= 11 is 0. The van der Waals surface area contributed by atoms with E-state index in [1.165, 1.54) is 0 Å². The maximum absolute atomic E-state index is 12.1. The van der Waals surface area contributed by atoms with Crippen LogP contribution in [0.15, 0.2) is 24.3 Å². The van der Waals surface area contributed by atoms with E-state index in [0.29, 0.717) is 32.9 Å². The van der Waals surface area contributed by atoms with Crippen molar-refractivity contribution in [2.75, 3.05) is 59.2 Å². The highest BCUT2D eigenvalue weighted by molar-refractivity contribution is 5.85. The minimum absolute atomic E-state index is 0. The van der Waals surface area contributed by atoms with Crippen molar-refractivity contribution >= 4 is 30.7 Å². The fourth-order valence-corrected chi connectivity index (χ4v) is 2.91. The number of nitrogens with one attached hydrogen (secondary N) is 2. The van der Waals surface area contributed by atoms with Crippen molar-refractivity contribution in [3.8, 4) is 5.75 Å². The molecule has 2 saturated heterocycles. The lowest BCUT2D eigenvalue weighted by atomic mass is 10.2. The van der Waals surface area contributed by atoms with Crippen molar-refractivity contribution in [2.24, 2.45) is 0 Å². The molecule has 1 aromatic rings. The number of hydrogen-bond donors (Lipinski definition) is 2. The van der Waals surface area contributed by atoms with Gasteiger partial charge in [0.1, 0.15) is 18.4 Å². The molecule has 0 spiro atoms. The first-order chi connectivity index (χ1) is 12.3. The second-order valence-electron chi connectivity index (χ2n) is 6.25. The van der Waals surface area contributed by atoms with Crippen LogP contribution in [-0.2, 0) is 20.8 Å².